The molecule has 1 rings (SSSR count). The van der Waals surface area contributed by atoms with E-state index in [2.05, 4.69) is 0 Å². The number of nitrogens with zero attached hydrogens (tertiary/aromatic N) is 1. The second-order valence-electron chi connectivity index (χ2n) is 3.95. The van der Waals surface area contributed by atoms with Gasteiger partial charge in [-0.25, -0.2) is 4.39 Å². The summed E-state index contributed by atoms with van der Waals surface area (Å²) in [4.78, 5) is 13.0. The molecule has 0 aromatic rings. The first-order valence-corrected chi connectivity index (χ1v) is 4.75. The summed E-state index contributed by atoms with van der Waals surface area (Å²) in [6.45, 7) is 4.16. The van der Waals surface area contributed by atoms with E-state index in [9.17, 15) is 9.18 Å². The van der Waals surface area contributed by atoms with E-state index in [0.717, 1.165) is 0 Å². The molecular formula is C9H17FN2O2. The molecule has 1 saturated heterocycles. The monoisotopic (exact) mass is 204 g/mol. The minimum absolute atomic E-state index is 0.157. The minimum atomic E-state index is -1.81. The molecule has 0 radical (unpaired) electrons. The summed E-state index contributed by atoms with van der Waals surface area (Å²) < 4.78 is 18.6. The molecule has 1 aliphatic heterocycles. The Morgan fingerprint density at radius 2 is 2.36 bits per heavy atom. The van der Waals surface area contributed by atoms with Crippen LogP contribution < -0.4 is 5.73 Å². The first-order valence-electron chi connectivity index (χ1n) is 4.75. The maximum absolute atomic E-state index is 13.3. The van der Waals surface area contributed by atoms with Crippen molar-refractivity contribution in [1.29, 1.82) is 0 Å². The molecule has 1 aliphatic rings. The second kappa shape index (κ2) is 4.23. The van der Waals surface area contributed by atoms with Gasteiger partial charge in [0.15, 0.2) is 5.67 Å². The fourth-order valence-corrected chi connectivity index (χ4v) is 1.42. The van der Waals surface area contributed by atoms with Gasteiger partial charge >= 0.3 is 0 Å². The summed E-state index contributed by atoms with van der Waals surface area (Å²) in [6.07, 6.45) is -0.157. The SMILES string of the molecule is CC(C)(F)C(=O)N1CCOC(CN)C1. The molecule has 0 spiro atoms. The van der Waals surface area contributed by atoms with Crippen molar-refractivity contribution >= 4 is 5.91 Å². The van der Waals surface area contributed by atoms with Gasteiger partial charge in [0.2, 0.25) is 0 Å². The smallest absolute Gasteiger partial charge is 0.259 e. The minimum Gasteiger partial charge on any atom is -0.373 e. The zero-order valence-corrected chi connectivity index (χ0v) is 8.62. The number of carbonyl (C=O) groups is 1. The molecule has 0 aromatic heterocycles. The van der Waals surface area contributed by atoms with Crippen LogP contribution in [-0.2, 0) is 9.53 Å². The average molecular weight is 204 g/mol. The standard InChI is InChI=1S/C9H17FN2O2/c1-9(2,10)8(13)12-3-4-14-7(5-11)6-12/h7H,3-6,11H2,1-2H3. The first kappa shape index (κ1) is 11.4. The zero-order valence-electron chi connectivity index (χ0n) is 8.62. The van der Waals surface area contributed by atoms with Gasteiger partial charge in [0, 0.05) is 19.6 Å². The molecular weight excluding hydrogens is 187 g/mol. The number of nitrogens with two attached hydrogens (primary N) is 1. The van der Waals surface area contributed by atoms with Crippen molar-refractivity contribution in [2.24, 2.45) is 5.73 Å². The van der Waals surface area contributed by atoms with Gasteiger partial charge < -0.3 is 15.4 Å². The van der Waals surface area contributed by atoms with Crippen LogP contribution in [0.5, 0.6) is 0 Å². The second-order valence-corrected chi connectivity index (χ2v) is 3.95. The highest BCUT2D eigenvalue weighted by Gasteiger charge is 2.34. The van der Waals surface area contributed by atoms with Gasteiger partial charge in [-0.2, -0.15) is 0 Å². The predicted molar refractivity (Wildman–Crippen MR) is 50.6 cm³/mol. The molecule has 4 nitrogen and oxygen atoms in total. The largest absolute Gasteiger partial charge is 0.373 e. The predicted octanol–water partition coefficient (Wildman–Crippen LogP) is -0.0794. The summed E-state index contributed by atoms with van der Waals surface area (Å²) in [5, 5.41) is 0. The number of hydrogen-bond acceptors (Lipinski definition) is 3. The third kappa shape index (κ3) is 2.65. The number of hydrogen-bond donors (Lipinski definition) is 1. The quantitative estimate of drug-likeness (QED) is 0.684. The topological polar surface area (TPSA) is 55.6 Å². The van der Waals surface area contributed by atoms with Crippen LogP contribution in [0.4, 0.5) is 4.39 Å². The number of ether oxygens (including phenoxy) is 1. The molecule has 1 unspecified atom stereocenters. The van der Waals surface area contributed by atoms with Gasteiger partial charge in [0.25, 0.3) is 5.91 Å². The molecule has 82 valence electrons. The summed E-state index contributed by atoms with van der Waals surface area (Å²) in [6, 6.07) is 0. The Morgan fingerprint density at radius 3 is 2.86 bits per heavy atom. The van der Waals surface area contributed by atoms with Crippen molar-refractivity contribution < 1.29 is 13.9 Å². The number of morpholine rings is 1. The van der Waals surface area contributed by atoms with Crippen LogP contribution in [-0.4, -0.2) is 48.8 Å². The van der Waals surface area contributed by atoms with Gasteiger partial charge in [0.1, 0.15) is 0 Å². The van der Waals surface area contributed by atoms with Gasteiger partial charge in [-0.3, -0.25) is 4.79 Å². The number of halogens is 1. The molecule has 0 aromatic carbocycles. The molecule has 2 N–H and O–H groups in total. The fraction of sp³-hybridized carbons (Fsp3) is 0.889. The third-order valence-electron chi connectivity index (χ3n) is 2.20. The molecule has 1 amide bonds. The average Bonchev–Trinajstić information content (AvgIpc) is 2.15. The summed E-state index contributed by atoms with van der Waals surface area (Å²) >= 11 is 0. The van der Waals surface area contributed by atoms with Gasteiger partial charge in [0.05, 0.1) is 12.7 Å². The van der Waals surface area contributed by atoms with E-state index < -0.39 is 11.6 Å². The Hall–Kier alpha value is -0.680. The van der Waals surface area contributed by atoms with Crippen LogP contribution in [0.1, 0.15) is 13.8 Å². The van der Waals surface area contributed by atoms with E-state index in [1.54, 1.807) is 0 Å². The van der Waals surface area contributed by atoms with Crippen molar-refractivity contribution in [1.82, 2.24) is 4.90 Å². The lowest BCUT2D eigenvalue weighted by atomic mass is 10.1. The normalized spacial score (nSPS) is 23.7. The van der Waals surface area contributed by atoms with E-state index in [0.29, 0.717) is 26.2 Å². The lowest BCUT2D eigenvalue weighted by molar-refractivity contribution is -0.149. The highest BCUT2D eigenvalue weighted by atomic mass is 19.1. The first-order chi connectivity index (χ1) is 6.45. The van der Waals surface area contributed by atoms with E-state index in [1.165, 1.54) is 18.7 Å². The van der Waals surface area contributed by atoms with E-state index in [4.69, 9.17) is 10.5 Å². The molecule has 0 saturated carbocycles. The molecule has 1 heterocycles. The molecule has 5 heteroatoms. The number of carbonyl (C=O) groups excluding carboxylic acids is 1. The summed E-state index contributed by atoms with van der Waals surface area (Å²) in [5.41, 5.74) is 3.61. The number of alkyl halides is 1. The Kier molecular flexibility index (Phi) is 3.44. The summed E-state index contributed by atoms with van der Waals surface area (Å²) in [7, 11) is 0. The van der Waals surface area contributed by atoms with E-state index in [1.807, 2.05) is 0 Å². The van der Waals surface area contributed by atoms with Crippen molar-refractivity contribution in [3.05, 3.63) is 0 Å². The Labute approximate surface area is 83.2 Å². The third-order valence-corrected chi connectivity index (χ3v) is 2.20. The number of amides is 1. The maximum atomic E-state index is 13.3. The van der Waals surface area contributed by atoms with Crippen LogP contribution in [0.25, 0.3) is 0 Å². The van der Waals surface area contributed by atoms with E-state index >= 15 is 0 Å². The van der Waals surface area contributed by atoms with Crippen LogP contribution in [0.3, 0.4) is 0 Å². The highest BCUT2D eigenvalue weighted by molar-refractivity contribution is 5.84. The van der Waals surface area contributed by atoms with Crippen molar-refractivity contribution in [2.45, 2.75) is 25.6 Å². The lowest BCUT2D eigenvalue weighted by Crippen LogP contribution is -2.52. The van der Waals surface area contributed by atoms with Gasteiger partial charge in [-0.1, -0.05) is 0 Å². The lowest BCUT2D eigenvalue weighted by Gasteiger charge is -2.34. The van der Waals surface area contributed by atoms with Crippen LogP contribution in [0, 0.1) is 0 Å². The van der Waals surface area contributed by atoms with Gasteiger partial charge in [-0.15, -0.1) is 0 Å². The van der Waals surface area contributed by atoms with Crippen molar-refractivity contribution in [3.63, 3.8) is 0 Å². The molecule has 0 bridgehead atoms. The Bertz CT molecular complexity index is 215. The van der Waals surface area contributed by atoms with Crippen molar-refractivity contribution in [3.8, 4) is 0 Å². The molecule has 1 atom stereocenters. The Morgan fingerprint density at radius 1 is 1.71 bits per heavy atom. The van der Waals surface area contributed by atoms with Crippen molar-refractivity contribution in [2.75, 3.05) is 26.2 Å². The Balaban J connectivity index is 2.56. The van der Waals surface area contributed by atoms with Gasteiger partial charge in [-0.05, 0) is 13.8 Å². The van der Waals surface area contributed by atoms with E-state index in [-0.39, 0.29) is 6.10 Å². The molecule has 1 fully saturated rings. The van der Waals surface area contributed by atoms with Crippen LogP contribution in [0.15, 0.2) is 0 Å². The van der Waals surface area contributed by atoms with Crippen LogP contribution >= 0.6 is 0 Å². The fourth-order valence-electron chi connectivity index (χ4n) is 1.42. The zero-order chi connectivity index (χ0) is 10.8. The van der Waals surface area contributed by atoms with Crippen LogP contribution in [0.2, 0.25) is 0 Å². The number of rotatable bonds is 2. The molecule has 14 heavy (non-hydrogen) atoms. The maximum Gasteiger partial charge on any atom is 0.259 e. The molecule has 0 aliphatic carbocycles. The summed E-state index contributed by atoms with van der Waals surface area (Å²) in [5.74, 6) is -0.487. The highest BCUT2D eigenvalue weighted by Crippen LogP contribution is 2.15.